The van der Waals surface area contributed by atoms with Crippen molar-refractivity contribution >= 4 is 5.69 Å². The number of hydrogen-bond acceptors (Lipinski definition) is 5. The lowest BCUT2D eigenvalue weighted by molar-refractivity contribution is -0.386. The normalized spacial score (nSPS) is 10.6. The number of ether oxygens (including phenoxy) is 2. The van der Waals surface area contributed by atoms with Crippen LogP contribution in [0.5, 0.6) is 11.5 Å². The topological polar surface area (TPSA) is 90.3 Å². The second-order valence-electron chi connectivity index (χ2n) is 6.59. The van der Waals surface area contributed by atoms with E-state index in [1.807, 2.05) is 66.7 Å². The number of hydrogen-bond donors (Lipinski definition) is 1. The van der Waals surface area contributed by atoms with Crippen LogP contribution in [0.25, 0.3) is 22.5 Å². The van der Waals surface area contributed by atoms with E-state index in [-0.39, 0.29) is 23.8 Å². The minimum atomic E-state index is -0.475. The van der Waals surface area contributed by atoms with Crippen LogP contribution in [-0.2, 0) is 6.61 Å². The Labute approximate surface area is 173 Å². The fourth-order valence-electron chi connectivity index (χ4n) is 3.13. The van der Waals surface area contributed by atoms with Crippen LogP contribution in [0.4, 0.5) is 5.69 Å². The molecule has 0 saturated carbocycles. The van der Waals surface area contributed by atoms with Crippen LogP contribution in [0.2, 0.25) is 0 Å². The SMILES string of the molecule is COc1cc(-c2cc(-c3ccccc3)[nH]n2)cc([N+](=O)[O-])c1OCc1ccccc1. The molecule has 150 valence electrons. The Morgan fingerprint density at radius 1 is 0.967 bits per heavy atom. The zero-order chi connectivity index (χ0) is 20.9. The van der Waals surface area contributed by atoms with Crippen molar-refractivity contribution in [3.05, 3.63) is 94.5 Å². The van der Waals surface area contributed by atoms with Crippen LogP contribution in [0.15, 0.2) is 78.9 Å². The van der Waals surface area contributed by atoms with Gasteiger partial charge in [-0.05, 0) is 23.3 Å². The summed E-state index contributed by atoms with van der Waals surface area (Å²) in [5.74, 6) is 0.369. The number of aromatic amines is 1. The van der Waals surface area contributed by atoms with Crippen molar-refractivity contribution in [3.8, 4) is 34.0 Å². The molecule has 4 rings (SSSR count). The molecule has 0 aliphatic rings. The van der Waals surface area contributed by atoms with Crippen molar-refractivity contribution in [1.29, 1.82) is 0 Å². The van der Waals surface area contributed by atoms with Crippen molar-refractivity contribution in [2.45, 2.75) is 6.61 Å². The predicted octanol–water partition coefficient (Wildman–Crippen LogP) is 5.24. The largest absolute Gasteiger partial charge is 0.493 e. The molecule has 3 aromatic carbocycles. The van der Waals surface area contributed by atoms with E-state index in [2.05, 4.69) is 10.2 Å². The Balaban J connectivity index is 1.69. The predicted molar refractivity (Wildman–Crippen MR) is 113 cm³/mol. The molecule has 4 aromatic rings. The van der Waals surface area contributed by atoms with E-state index >= 15 is 0 Å². The van der Waals surface area contributed by atoms with Gasteiger partial charge in [-0.1, -0.05) is 60.7 Å². The molecule has 30 heavy (non-hydrogen) atoms. The lowest BCUT2D eigenvalue weighted by atomic mass is 10.1. The van der Waals surface area contributed by atoms with Crippen molar-refractivity contribution in [1.82, 2.24) is 10.2 Å². The Kier molecular flexibility index (Phi) is 5.43. The number of benzene rings is 3. The standard InChI is InChI=1S/C23H19N3O4/c1-29-22-13-18(20-14-19(24-25-20)17-10-6-3-7-11-17)12-21(26(27)28)23(22)30-15-16-8-4-2-5-9-16/h2-14H,15H2,1H3,(H,24,25). The molecule has 0 saturated heterocycles. The van der Waals surface area contributed by atoms with Gasteiger partial charge >= 0.3 is 5.69 Å². The summed E-state index contributed by atoms with van der Waals surface area (Å²) < 4.78 is 11.2. The van der Waals surface area contributed by atoms with E-state index in [9.17, 15) is 10.1 Å². The van der Waals surface area contributed by atoms with Crippen LogP contribution in [-0.4, -0.2) is 22.2 Å². The summed E-state index contributed by atoms with van der Waals surface area (Å²) >= 11 is 0. The van der Waals surface area contributed by atoms with Gasteiger partial charge in [-0.25, -0.2) is 0 Å². The number of H-pyrrole nitrogens is 1. The summed E-state index contributed by atoms with van der Waals surface area (Å²) in [7, 11) is 1.46. The van der Waals surface area contributed by atoms with Gasteiger partial charge in [0, 0.05) is 11.6 Å². The van der Waals surface area contributed by atoms with Crippen LogP contribution < -0.4 is 9.47 Å². The molecule has 0 unspecified atom stereocenters. The molecule has 0 aliphatic carbocycles. The molecule has 7 heteroatoms. The highest BCUT2D eigenvalue weighted by atomic mass is 16.6. The second kappa shape index (κ2) is 8.48. The first-order valence-corrected chi connectivity index (χ1v) is 9.30. The van der Waals surface area contributed by atoms with Crippen LogP contribution in [0.1, 0.15) is 5.56 Å². The van der Waals surface area contributed by atoms with Gasteiger partial charge in [-0.15, -0.1) is 0 Å². The Morgan fingerprint density at radius 2 is 1.67 bits per heavy atom. The molecule has 0 spiro atoms. The highest BCUT2D eigenvalue weighted by molar-refractivity contribution is 5.74. The Bertz CT molecular complexity index is 1160. The average Bonchev–Trinajstić information content (AvgIpc) is 3.29. The molecule has 7 nitrogen and oxygen atoms in total. The molecule has 0 fully saturated rings. The number of aromatic nitrogens is 2. The molecule has 0 bridgehead atoms. The maximum absolute atomic E-state index is 11.8. The average molecular weight is 401 g/mol. The summed E-state index contributed by atoms with van der Waals surface area (Å²) in [5.41, 5.74) is 3.65. The number of nitrogens with zero attached hydrogens (tertiary/aromatic N) is 2. The molecular weight excluding hydrogens is 382 g/mol. The third-order valence-corrected chi connectivity index (χ3v) is 4.64. The van der Waals surface area contributed by atoms with Gasteiger partial charge in [0.25, 0.3) is 0 Å². The van der Waals surface area contributed by atoms with Gasteiger partial charge in [0.2, 0.25) is 5.75 Å². The van der Waals surface area contributed by atoms with Gasteiger partial charge in [0.05, 0.1) is 23.4 Å². The van der Waals surface area contributed by atoms with Crippen molar-refractivity contribution in [2.24, 2.45) is 0 Å². The number of methoxy groups -OCH3 is 1. The van der Waals surface area contributed by atoms with E-state index in [0.29, 0.717) is 11.3 Å². The minimum absolute atomic E-state index is 0.0916. The summed E-state index contributed by atoms with van der Waals surface area (Å²) in [4.78, 5) is 11.3. The van der Waals surface area contributed by atoms with Crippen LogP contribution in [0.3, 0.4) is 0 Å². The maximum atomic E-state index is 11.8. The highest BCUT2D eigenvalue weighted by Crippen LogP contribution is 2.41. The van der Waals surface area contributed by atoms with Gasteiger partial charge < -0.3 is 9.47 Å². The summed E-state index contributed by atoms with van der Waals surface area (Å²) in [6, 6.07) is 24.2. The molecule has 0 radical (unpaired) electrons. The molecule has 1 N–H and O–H groups in total. The number of nitro groups is 1. The lowest BCUT2D eigenvalue weighted by Gasteiger charge is -2.12. The van der Waals surface area contributed by atoms with Crippen molar-refractivity contribution in [3.63, 3.8) is 0 Å². The summed E-state index contributed by atoms with van der Waals surface area (Å²) in [6.45, 7) is 0.192. The third kappa shape index (κ3) is 4.00. The van der Waals surface area contributed by atoms with Gasteiger partial charge in [0.15, 0.2) is 5.75 Å². The van der Waals surface area contributed by atoms with Gasteiger partial charge in [-0.3, -0.25) is 15.2 Å². The number of nitro benzene ring substituents is 1. The van der Waals surface area contributed by atoms with E-state index < -0.39 is 4.92 Å². The first-order valence-electron chi connectivity index (χ1n) is 9.30. The molecule has 0 aliphatic heterocycles. The second-order valence-corrected chi connectivity index (χ2v) is 6.59. The zero-order valence-electron chi connectivity index (χ0n) is 16.2. The molecule has 0 atom stereocenters. The third-order valence-electron chi connectivity index (χ3n) is 4.64. The zero-order valence-corrected chi connectivity index (χ0v) is 16.2. The van der Waals surface area contributed by atoms with Crippen LogP contribution in [0, 0.1) is 10.1 Å². The first kappa shape index (κ1) is 19.2. The fraction of sp³-hybridized carbons (Fsp3) is 0.0870. The van der Waals surface area contributed by atoms with E-state index in [1.54, 1.807) is 6.07 Å². The van der Waals surface area contributed by atoms with E-state index in [1.165, 1.54) is 13.2 Å². The van der Waals surface area contributed by atoms with Gasteiger partial charge in [-0.2, -0.15) is 5.10 Å². The molecular formula is C23H19N3O4. The van der Waals surface area contributed by atoms with Gasteiger partial charge in [0.1, 0.15) is 6.61 Å². The Hall–Kier alpha value is -4.13. The summed E-state index contributed by atoms with van der Waals surface area (Å²) in [5, 5.41) is 19.0. The fourth-order valence-corrected chi connectivity index (χ4v) is 3.13. The van der Waals surface area contributed by atoms with E-state index in [0.717, 1.165) is 16.8 Å². The van der Waals surface area contributed by atoms with Crippen LogP contribution >= 0.6 is 0 Å². The maximum Gasteiger partial charge on any atom is 0.315 e. The monoisotopic (exact) mass is 401 g/mol. The number of rotatable bonds is 7. The molecule has 1 aromatic heterocycles. The molecule has 0 amide bonds. The van der Waals surface area contributed by atoms with Crippen molar-refractivity contribution in [2.75, 3.05) is 7.11 Å². The quantitative estimate of drug-likeness (QED) is 0.338. The summed E-state index contributed by atoms with van der Waals surface area (Å²) in [6.07, 6.45) is 0. The highest BCUT2D eigenvalue weighted by Gasteiger charge is 2.24. The smallest absolute Gasteiger partial charge is 0.315 e. The lowest BCUT2D eigenvalue weighted by Crippen LogP contribution is -2.02. The number of nitrogens with one attached hydrogen (secondary N) is 1. The minimum Gasteiger partial charge on any atom is -0.493 e. The molecule has 1 heterocycles. The van der Waals surface area contributed by atoms with E-state index in [4.69, 9.17) is 9.47 Å². The van der Waals surface area contributed by atoms with Crippen molar-refractivity contribution < 1.29 is 14.4 Å². The first-order chi connectivity index (χ1) is 14.7. The Morgan fingerprint density at radius 3 is 2.33 bits per heavy atom.